The van der Waals surface area contributed by atoms with Gasteiger partial charge in [0.05, 0.1) is 13.2 Å². The lowest BCUT2D eigenvalue weighted by molar-refractivity contribution is -0.189. The van der Waals surface area contributed by atoms with Crippen molar-refractivity contribution in [1.29, 1.82) is 0 Å². The quantitative estimate of drug-likeness (QED) is 0.914. The number of piperidine rings is 1. The number of hydrogen-bond acceptors (Lipinski definition) is 3. The van der Waals surface area contributed by atoms with E-state index in [0.29, 0.717) is 25.3 Å². The maximum atomic E-state index is 13.9. The summed E-state index contributed by atoms with van der Waals surface area (Å²) >= 11 is 0. The summed E-state index contributed by atoms with van der Waals surface area (Å²) in [5.74, 6) is -0.486. The van der Waals surface area contributed by atoms with Gasteiger partial charge in [0.2, 0.25) is 0 Å². The van der Waals surface area contributed by atoms with Crippen LogP contribution in [0.5, 0.6) is 0 Å². The number of nitrogens with zero attached hydrogens (tertiary/aromatic N) is 1. The molecule has 3 aliphatic rings. The third kappa shape index (κ3) is 3.37. The van der Waals surface area contributed by atoms with E-state index in [9.17, 15) is 9.18 Å². The van der Waals surface area contributed by atoms with Gasteiger partial charge in [-0.1, -0.05) is 18.2 Å². The molecule has 0 aromatic heterocycles. The second kappa shape index (κ2) is 6.57. The van der Waals surface area contributed by atoms with Crippen molar-refractivity contribution in [3.8, 4) is 0 Å². The molecule has 0 unspecified atom stereocenters. The third-order valence-corrected chi connectivity index (χ3v) is 5.71. The van der Waals surface area contributed by atoms with Crippen molar-refractivity contribution >= 4 is 6.03 Å². The summed E-state index contributed by atoms with van der Waals surface area (Å²) in [6.07, 6.45) is 2.75. The number of hydrogen-bond donors (Lipinski definition) is 1. The van der Waals surface area contributed by atoms with Crippen molar-refractivity contribution in [1.82, 2.24) is 10.2 Å². The van der Waals surface area contributed by atoms with E-state index in [1.165, 1.54) is 6.07 Å². The molecule has 1 aromatic carbocycles. The topological polar surface area (TPSA) is 50.8 Å². The highest BCUT2D eigenvalue weighted by Gasteiger charge is 2.45. The van der Waals surface area contributed by atoms with Crippen LogP contribution in [-0.2, 0) is 9.47 Å². The minimum Gasteiger partial charge on any atom is -0.347 e. The van der Waals surface area contributed by atoms with Gasteiger partial charge in [-0.05, 0) is 37.8 Å². The van der Waals surface area contributed by atoms with Crippen LogP contribution in [0, 0.1) is 11.7 Å². The lowest BCUT2D eigenvalue weighted by atomic mass is 9.90. The number of likely N-dealkylation sites (tertiary alicyclic amines) is 1. The molecule has 1 saturated carbocycles. The smallest absolute Gasteiger partial charge is 0.317 e. The van der Waals surface area contributed by atoms with Gasteiger partial charge >= 0.3 is 6.03 Å². The first-order valence-corrected chi connectivity index (χ1v) is 9.14. The fourth-order valence-corrected chi connectivity index (χ4v) is 4.08. The fraction of sp³-hybridized carbons (Fsp3) is 0.632. The Kier molecular flexibility index (Phi) is 4.41. The molecule has 2 heterocycles. The zero-order valence-corrected chi connectivity index (χ0v) is 14.5. The number of carbonyl (C=O) groups is 1. The van der Waals surface area contributed by atoms with Gasteiger partial charge in [-0.25, -0.2) is 9.18 Å². The Morgan fingerprint density at radius 3 is 2.84 bits per heavy atom. The van der Waals surface area contributed by atoms with Gasteiger partial charge in [-0.2, -0.15) is 0 Å². The SMILES string of the molecule is CC1([C@@H]2CCCN(C(=O)N[C@H]3C[C@@H]3c3ccccc3F)C2)OCCO1. The van der Waals surface area contributed by atoms with E-state index < -0.39 is 5.79 Å². The Bertz CT molecular complexity index is 647. The number of urea groups is 1. The zero-order chi connectivity index (χ0) is 17.4. The molecule has 1 aliphatic carbocycles. The molecule has 3 atom stereocenters. The first-order valence-electron chi connectivity index (χ1n) is 9.14. The zero-order valence-electron chi connectivity index (χ0n) is 14.5. The molecule has 1 N–H and O–H groups in total. The fourth-order valence-electron chi connectivity index (χ4n) is 4.08. The highest BCUT2D eigenvalue weighted by atomic mass is 19.1. The van der Waals surface area contributed by atoms with Crippen LogP contribution in [0.3, 0.4) is 0 Å². The lowest BCUT2D eigenvalue weighted by Crippen LogP contribution is -2.51. The molecular weight excluding hydrogens is 323 g/mol. The number of carbonyl (C=O) groups excluding carboxylic acids is 1. The molecule has 25 heavy (non-hydrogen) atoms. The molecule has 5 nitrogen and oxygen atoms in total. The summed E-state index contributed by atoms with van der Waals surface area (Å²) < 4.78 is 25.4. The van der Waals surface area contributed by atoms with Crippen LogP contribution in [0.15, 0.2) is 24.3 Å². The molecule has 0 radical (unpaired) electrons. The number of rotatable bonds is 3. The maximum Gasteiger partial charge on any atom is 0.317 e. The highest BCUT2D eigenvalue weighted by molar-refractivity contribution is 5.75. The van der Waals surface area contributed by atoms with Crippen molar-refractivity contribution in [2.24, 2.45) is 5.92 Å². The molecule has 0 bridgehead atoms. The van der Waals surface area contributed by atoms with Gasteiger partial charge in [0.1, 0.15) is 5.82 Å². The van der Waals surface area contributed by atoms with Gasteiger partial charge in [-0.15, -0.1) is 0 Å². The molecule has 0 spiro atoms. The van der Waals surface area contributed by atoms with E-state index in [1.807, 2.05) is 17.9 Å². The van der Waals surface area contributed by atoms with Crippen molar-refractivity contribution in [2.45, 2.75) is 43.9 Å². The Labute approximate surface area is 147 Å². The Morgan fingerprint density at radius 2 is 2.08 bits per heavy atom. The van der Waals surface area contributed by atoms with Gasteiger partial charge in [0, 0.05) is 31.0 Å². The number of amides is 2. The minimum absolute atomic E-state index is 0.0272. The standard InChI is InChI=1S/C19H25FN2O3/c1-19(24-9-10-25-19)13-5-4-8-22(12-13)18(23)21-17-11-15(17)14-6-2-3-7-16(14)20/h2-3,6-7,13,15,17H,4-5,8-12H2,1H3,(H,21,23)/t13-,15-,17+/m1/s1. The number of benzene rings is 1. The average molecular weight is 348 g/mol. The first-order chi connectivity index (χ1) is 12.1. The van der Waals surface area contributed by atoms with Gasteiger partial charge < -0.3 is 19.7 Å². The predicted octanol–water partition coefficient (Wildman–Crippen LogP) is 2.87. The summed E-state index contributed by atoms with van der Waals surface area (Å²) in [4.78, 5) is 14.5. The Hall–Kier alpha value is -1.66. The number of halogens is 1. The molecule has 4 rings (SSSR count). The second-order valence-corrected chi connectivity index (χ2v) is 7.42. The molecule has 3 fully saturated rings. The monoisotopic (exact) mass is 348 g/mol. The van der Waals surface area contributed by atoms with Crippen molar-refractivity contribution in [3.63, 3.8) is 0 Å². The van der Waals surface area contributed by atoms with Gasteiger partial charge in [0.25, 0.3) is 0 Å². The van der Waals surface area contributed by atoms with Crippen molar-refractivity contribution in [2.75, 3.05) is 26.3 Å². The summed E-state index contributed by atoms with van der Waals surface area (Å²) in [6, 6.07) is 6.78. The van der Waals surface area contributed by atoms with Crippen LogP contribution in [0.4, 0.5) is 9.18 Å². The minimum atomic E-state index is -0.575. The number of ether oxygens (including phenoxy) is 2. The molecule has 1 aromatic rings. The van der Waals surface area contributed by atoms with E-state index in [4.69, 9.17) is 9.47 Å². The first kappa shape index (κ1) is 16.8. The molecule has 2 amide bonds. The highest BCUT2D eigenvalue weighted by Crippen LogP contribution is 2.42. The van der Waals surface area contributed by atoms with Crippen LogP contribution in [0.2, 0.25) is 0 Å². The van der Waals surface area contributed by atoms with Crippen LogP contribution < -0.4 is 5.32 Å². The van der Waals surface area contributed by atoms with Crippen LogP contribution in [-0.4, -0.2) is 49.1 Å². The van der Waals surface area contributed by atoms with E-state index in [2.05, 4.69) is 5.32 Å². The van der Waals surface area contributed by atoms with Crippen LogP contribution in [0.1, 0.15) is 37.7 Å². The van der Waals surface area contributed by atoms with Crippen molar-refractivity contribution < 1.29 is 18.7 Å². The van der Waals surface area contributed by atoms with Gasteiger partial charge in [0.15, 0.2) is 5.79 Å². The average Bonchev–Trinajstić information content (AvgIpc) is 3.23. The van der Waals surface area contributed by atoms with Crippen molar-refractivity contribution in [3.05, 3.63) is 35.6 Å². The van der Waals surface area contributed by atoms with E-state index in [0.717, 1.165) is 25.8 Å². The normalized spacial score (nSPS) is 31.0. The largest absolute Gasteiger partial charge is 0.347 e. The Balaban J connectivity index is 1.33. The van der Waals surface area contributed by atoms with Crippen LogP contribution in [0.25, 0.3) is 0 Å². The summed E-state index contributed by atoms with van der Waals surface area (Å²) in [5.41, 5.74) is 0.699. The molecule has 2 aliphatic heterocycles. The maximum absolute atomic E-state index is 13.9. The Morgan fingerprint density at radius 1 is 1.32 bits per heavy atom. The molecule has 6 heteroatoms. The summed E-state index contributed by atoms with van der Waals surface area (Å²) in [7, 11) is 0. The summed E-state index contributed by atoms with van der Waals surface area (Å²) in [6.45, 7) is 4.59. The van der Waals surface area contributed by atoms with E-state index in [-0.39, 0.29) is 29.7 Å². The third-order valence-electron chi connectivity index (χ3n) is 5.71. The second-order valence-electron chi connectivity index (χ2n) is 7.42. The lowest BCUT2D eigenvalue weighted by Gasteiger charge is -2.39. The van der Waals surface area contributed by atoms with Crippen LogP contribution >= 0.6 is 0 Å². The van der Waals surface area contributed by atoms with E-state index in [1.54, 1.807) is 12.1 Å². The predicted molar refractivity (Wildman–Crippen MR) is 90.7 cm³/mol. The van der Waals surface area contributed by atoms with Gasteiger partial charge in [-0.3, -0.25) is 0 Å². The molecular formula is C19H25FN2O3. The summed E-state index contributed by atoms with van der Waals surface area (Å²) in [5, 5.41) is 3.06. The molecule has 2 saturated heterocycles. The number of nitrogens with one attached hydrogen (secondary N) is 1. The van der Waals surface area contributed by atoms with E-state index >= 15 is 0 Å². The molecule has 136 valence electrons.